The Labute approximate surface area is 137 Å². The van der Waals surface area contributed by atoms with E-state index in [0.717, 1.165) is 26.2 Å². The van der Waals surface area contributed by atoms with E-state index in [1.165, 1.54) is 6.20 Å². The summed E-state index contributed by atoms with van der Waals surface area (Å²) in [6.45, 7) is 10.1. The minimum absolute atomic E-state index is 0.110. The second-order valence-electron chi connectivity index (χ2n) is 5.65. The van der Waals surface area contributed by atoms with E-state index in [-0.39, 0.29) is 11.9 Å². The molecule has 1 aliphatic heterocycles. The van der Waals surface area contributed by atoms with Crippen LogP contribution in [0, 0.1) is 0 Å². The van der Waals surface area contributed by atoms with Crippen molar-refractivity contribution in [2.75, 3.05) is 44.7 Å². The van der Waals surface area contributed by atoms with Gasteiger partial charge in [-0.1, -0.05) is 11.6 Å². The maximum Gasteiger partial charge on any atom is 0.274 e. The standard InChI is InChI=1S/C15H24ClN5O/c1-5-20(6-2)15-17-9-12(16)13(18-15)14(22)21-8-7-19(4)10-11(21)3/h9,11H,5-8,10H2,1-4H3/t11-/m0/s1. The van der Waals surface area contributed by atoms with Crippen molar-refractivity contribution in [3.63, 3.8) is 0 Å². The highest BCUT2D eigenvalue weighted by Gasteiger charge is 2.29. The highest BCUT2D eigenvalue weighted by Crippen LogP contribution is 2.20. The molecule has 1 amide bonds. The molecule has 0 unspecified atom stereocenters. The van der Waals surface area contributed by atoms with Gasteiger partial charge in [-0.15, -0.1) is 0 Å². The average Bonchev–Trinajstić information content (AvgIpc) is 2.49. The Bertz CT molecular complexity index is 535. The first kappa shape index (κ1) is 17.0. The summed E-state index contributed by atoms with van der Waals surface area (Å²) in [7, 11) is 2.06. The molecule has 1 aliphatic rings. The molecule has 1 fully saturated rings. The van der Waals surface area contributed by atoms with Crippen LogP contribution in [0.5, 0.6) is 0 Å². The second kappa shape index (κ2) is 7.24. The van der Waals surface area contributed by atoms with Crippen LogP contribution in [0.3, 0.4) is 0 Å². The van der Waals surface area contributed by atoms with Gasteiger partial charge < -0.3 is 14.7 Å². The van der Waals surface area contributed by atoms with Gasteiger partial charge >= 0.3 is 0 Å². The summed E-state index contributed by atoms with van der Waals surface area (Å²) in [6, 6.07) is 0.147. The summed E-state index contributed by atoms with van der Waals surface area (Å²) in [6.07, 6.45) is 1.52. The van der Waals surface area contributed by atoms with E-state index in [1.807, 2.05) is 30.6 Å². The van der Waals surface area contributed by atoms with Crippen LogP contribution in [-0.2, 0) is 0 Å². The smallest absolute Gasteiger partial charge is 0.274 e. The monoisotopic (exact) mass is 325 g/mol. The van der Waals surface area contributed by atoms with Crippen LogP contribution in [0.4, 0.5) is 5.95 Å². The van der Waals surface area contributed by atoms with Crippen molar-refractivity contribution in [2.45, 2.75) is 26.8 Å². The lowest BCUT2D eigenvalue weighted by Gasteiger charge is -2.38. The fraction of sp³-hybridized carbons (Fsp3) is 0.667. The molecular formula is C15H24ClN5O. The van der Waals surface area contributed by atoms with E-state index >= 15 is 0 Å². The van der Waals surface area contributed by atoms with Crippen molar-refractivity contribution in [3.8, 4) is 0 Å². The molecule has 2 rings (SSSR count). The molecule has 22 heavy (non-hydrogen) atoms. The summed E-state index contributed by atoms with van der Waals surface area (Å²) in [4.78, 5) is 27.5. The number of anilines is 1. The minimum Gasteiger partial charge on any atom is -0.341 e. The van der Waals surface area contributed by atoms with E-state index in [2.05, 4.69) is 21.9 Å². The normalized spacial score (nSPS) is 19.3. The molecule has 6 nitrogen and oxygen atoms in total. The lowest BCUT2D eigenvalue weighted by Crippen LogP contribution is -2.53. The van der Waals surface area contributed by atoms with Crippen molar-refractivity contribution in [1.29, 1.82) is 0 Å². The Hall–Kier alpha value is -1.40. The van der Waals surface area contributed by atoms with E-state index in [9.17, 15) is 4.79 Å². The molecule has 0 radical (unpaired) electrons. The van der Waals surface area contributed by atoms with E-state index in [4.69, 9.17) is 11.6 Å². The predicted octanol–water partition coefficient (Wildman–Crippen LogP) is 1.75. The zero-order valence-corrected chi connectivity index (χ0v) is 14.5. The number of hydrogen-bond acceptors (Lipinski definition) is 5. The first-order chi connectivity index (χ1) is 10.5. The van der Waals surface area contributed by atoms with Gasteiger partial charge in [-0.05, 0) is 27.8 Å². The summed E-state index contributed by atoms with van der Waals surface area (Å²) < 4.78 is 0. The number of carbonyl (C=O) groups is 1. The highest BCUT2D eigenvalue weighted by atomic mass is 35.5. The summed E-state index contributed by atoms with van der Waals surface area (Å²) in [5.74, 6) is 0.445. The van der Waals surface area contributed by atoms with Crippen LogP contribution in [-0.4, -0.2) is 71.5 Å². The number of hydrogen-bond donors (Lipinski definition) is 0. The quantitative estimate of drug-likeness (QED) is 0.844. The molecule has 122 valence electrons. The SMILES string of the molecule is CCN(CC)c1ncc(Cl)c(C(=O)N2CCN(C)C[C@@H]2C)n1. The Morgan fingerprint density at radius 1 is 1.41 bits per heavy atom. The number of carbonyl (C=O) groups excluding carboxylic acids is 1. The summed E-state index contributed by atoms with van der Waals surface area (Å²) in [5, 5.41) is 0.312. The first-order valence-corrected chi connectivity index (χ1v) is 8.12. The van der Waals surface area contributed by atoms with Crippen LogP contribution in [0.15, 0.2) is 6.20 Å². The van der Waals surface area contributed by atoms with Crippen LogP contribution < -0.4 is 4.90 Å². The Morgan fingerprint density at radius 2 is 2.09 bits per heavy atom. The molecule has 0 aliphatic carbocycles. The molecule has 0 aromatic carbocycles. The number of aromatic nitrogens is 2. The van der Waals surface area contributed by atoms with E-state index in [0.29, 0.717) is 23.2 Å². The number of nitrogens with zero attached hydrogens (tertiary/aromatic N) is 5. The number of likely N-dealkylation sites (N-methyl/N-ethyl adjacent to an activating group) is 1. The van der Waals surface area contributed by atoms with Crippen molar-refractivity contribution >= 4 is 23.5 Å². The van der Waals surface area contributed by atoms with Crippen molar-refractivity contribution < 1.29 is 4.79 Å². The van der Waals surface area contributed by atoms with Crippen molar-refractivity contribution in [3.05, 3.63) is 16.9 Å². The van der Waals surface area contributed by atoms with Crippen LogP contribution in [0.2, 0.25) is 5.02 Å². The lowest BCUT2D eigenvalue weighted by molar-refractivity contribution is 0.0528. The van der Waals surface area contributed by atoms with Crippen LogP contribution in [0.25, 0.3) is 0 Å². The molecule has 0 bridgehead atoms. The molecule has 0 spiro atoms. The maximum absolute atomic E-state index is 12.8. The zero-order chi connectivity index (χ0) is 16.3. The topological polar surface area (TPSA) is 52.6 Å². The minimum atomic E-state index is -0.110. The van der Waals surface area contributed by atoms with Crippen molar-refractivity contribution in [2.24, 2.45) is 0 Å². The third-order valence-electron chi connectivity index (χ3n) is 4.07. The fourth-order valence-corrected chi connectivity index (χ4v) is 2.92. The highest BCUT2D eigenvalue weighted by molar-refractivity contribution is 6.33. The van der Waals surface area contributed by atoms with Gasteiger partial charge in [0.15, 0.2) is 5.69 Å². The first-order valence-electron chi connectivity index (χ1n) is 7.74. The zero-order valence-electron chi connectivity index (χ0n) is 13.7. The Kier molecular flexibility index (Phi) is 5.58. The third-order valence-corrected chi connectivity index (χ3v) is 4.35. The molecule has 1 aromatic heterocycles. The largest absolute Gasteiger partial charge is 0.341 e. The lowest BCUT2D eigenvalue weighted by atomic mass is 10.2. The number of amides is 1. The fourth-order valence-electron chi connectivity index (χ4n) is 2.74. The maximum atomic E-state index is 12.8. The van der Waals surface area contributed by atoms with Gasteiger partial charge in [0, 0.05) is 38.8 Å². The molecule has 0 N–H and O–H groups in total. The van der Waals surface area contributed by atoms with E-state index in [1.54, 1.807) is 0 Å². The molecule has 2 heterocycles. The number of rotatable bonds is 4. The van der Waals surface area contributed by atoms with Gasteiger partial charge in [0.2, 0.25) is 5.95 Å². The summed E-state index contributed by atoms with van der Waals surface area (Å²) >= 11 is 6.18. The van der Waals surface area contributed by atoms with Crippen LogP contribution in [0.1, 0.15) is 31.3 Å². The van der Waals surface area contributed by atoms with E-state index < -0.39 is 0 Å². The third kappa shape index (κ3) is 3.50. The predicted molar refractivity (Wildman–Crippen MR) is 88.6 cm³/mol. The molecule has 1 aromatic rings. The van der Waals surface area contributed by atoms with Gasteiger partial charge in [-0.2, -0.15) is 0 Å². The van der Waals surface area contributed by atoms with Gasteiger partial charge in [0.25, 0.3) is 5.91 Å². The average molecular weight is 326 g/mol. The van der Waals surface area contributed by atoms with Crippen molar-refractivity contribution in [1.82, 2.24) is 19.8 Å². The molecule has 0 saturated carbocycles. The van der Waals surface area contributed by atoms with Gasteiger partial charge in [0.05, 0.1) is 11.2 Å². The Balaban J connectivity index is 2.27. The molecule has 7 heteroatoms. The molecule has 1 saturated heterocycles. The summed E-state index contributed by atoms with van der Waals surface area (Å²) in [5.41, 5.74) is 0.301. The van der Waals surface area contributed by atoms with Crippen LogP contribution >= 0.6 is 11.6 Å². The number of piperazine rings is 1. The van der Waals surface area contributed by atoms with Gasteiger partial charge in [0.1, 0.15) is 0 Å². The molecular weight excluding hydrogens is 302 g/mol. The van der Waals surface area contributed by atoms with Gasteiger partial charge in [-0.25, -0.2) is 9.97 Å². The Morgan fingerprint density at radius 3 is 2.68 bits per heavy atom. The molecule has 1 atom stereocenters. The second-order valence-corrected chi connectivity index (χ2v) is 6.06. The van der Waals surface area contributed by atoms with Gasteiger partial charge in [-0.3, -0.25) is 4.79 Å². The number of halogens is 1.